The topological polar surface area (TPSA) is 27.0 Å². The van der Waals surface area contributed by atoms with Gasteiger partial charge in [0, 0.05) is 19.1 Å². The molecule has 1 aromatic rings. The second-order valence-electron chi connectivity index (χ2n) is 4.97. The molecule has 1 saturated carbocycles. The lowest BCUT2D eigenvalue weighted by molar-refractivity contribution is 0.202. The lowest BCUT2D eigenvalue weighted by atomic mass is 10.0. The first-order chi connectivity index (χ1) is 7.88. The molecule has 1 saturated heterocycles. The van der Waals surface area contributed by atoms with Crippen LogP contribution in [0, 0.1) is 23.2 Å². The van der Waals surface area contributed by atoms with Crippen molar-refractivity contribution in [3.8, 4) is 6.07 Å². The first-order valence-corrected chi connectivity index (χ1v) is 6.06. The molecule has 1 heterocycles. The number of benzene rings is 1. The Morgan fingerprint density at radius 3 is 2.75 bits per heavy atom. The van der Waals surface area contributed by atoms with Crippen molar-refractivity contribution in [1.29, 1.82) is 5.26 Å². The lowest BCUT2D eigenvalue weighted by Crippen LogP contribution is -2.32. The molecule has 0 N–H and O–H groups in total. The van der Waals surface area contributed by atoms with Gasteiger partial charge in [0.1, 0.15) is 0 Å². The van der Waals surface area contributed by atoms with Crippen LogP contribution in [0.2, 0.25) is 0 Å². The number of nitriles is 1. The maximum atomic E-state index is 9.15. The predicted octanol–water partition coefficient (Wildman–Crippen LogP) is 2.42. The van der Waals surface area contributed by atoms with Crippen molar-refractivity contribution in [3.63, 3.8) is 0 Å². The van der Waals surface area contributed by atoms with Crippen molar-refractivity contribution < 1.29 is 0 Å². The van der Waals surface area contributed by atoms with E-state index in [1.807, 2.05) is 0 Å². The molecule has 1 aliphatic heterocycles. The second-order valence-corrected chi connectivity index (χ2v) is 4.97. The Labute approximate surface area is 96.5 Å². The third-order valence-corrected chi connectivity index (χ3v) is 4.07. The summed E-state index contributed by atoms with van der Waals surface area (Å²) in [6, 6.07) is 13.6. The molecule has 16 heavy (non-hydrogen) atoms. The van der Waals surface area contributed by atoms with Gasteiger partial charge in [-0.15, -0.1) is 0 Å². The summed E-state index contributed by atoms with van der Waals surface area (Å²) in [6.45, 7) is 2.14. The minimum absolute atomic E-state index is 0.295. The van der Waals surface area contributed by atoms with Crippen LogP contribution >= 0.6 is 0 Å². The largest absolute Gasteiger partial charge is 0.294 e. The highest BCUT2D eigenvalue weighted by atomic mass is 15.2. The van der Waals surface area contributed by atoms with E-state index in [-0.39, 0.29) is 0 Å². The van der Waals surface area contributed by atoms with Gasteiger partial charge in [-0.2, -0.15) is 5.26 Å². The number of fused-ring (bicyclic) bond motifs is 2. The summed E-state index contributed by atoms with van der Waals surface area (Å²) in [5.41, 5.74) is 1.37. The summed E-state index contributed by atoms with van der Waals surface area (Å²) in [6.07, 6.45) is 2.48. The number of hydrogen-bond donors (Lipinski definition) is 0. The van der Waals surface area contributed by atoms with E-state index >= 15 is 0 Å². The minimum Gasteiger partial charge on any atom is -0.294 e. The molecule has 2 bridgehead atoms. The Morgan fingerprint density at radius 2 is 2.06 bits per heavy atom. The number of nitrogens with zero attached hydrogens (tertiary/aromatic N) is 2. The molecule has 0 spiro atoms. The fourth-order valence-electron chi connectivity index (χ4n) is 3.30. The van der Waals surface area contributed by atoms with Gasteiger partial charge >= 0.3 is 0 Å². The van der Waals surface area contributed by atoms with E-state index in [4.69, 9.17) is 5.26 Å². The van der Waals surface area contributed by atoms with Gasteiger partial charge in [-0.25, -0.2) is 0 Å². The Hall–Kier alpha value is -1.33. The fraction of sp³-hybridized carbons (Fsp3) is 0.500. The van der Waals surface area contributed by atoms with Gasteiger partial charge in [-0.05, 0) is 24.3 Å². The maximum Gasteiger partial charge on any atom is 0.0675 e. The van der Waals surface area contributed by atoms with Crippen molar-refractivity contribution in [2.24, 2.45) is 11.8 Å². The zero-order valence-corrected chi connectivity index (χ0v) is 9.34. The Kier molecular flexibility index (Phi) is 2.41. The molecule has 2 heteroatoms. The number of likely N-dealkylation sites (tertiary alicyclic amines) is 1. The average Bonchev–Trinajstić information content (AvgIpc) is 2.86. The summed E-state index contributed by atoms with van der Waals surface area (Å²) < 4.78 is 0. The highest BCUT2D eigenvalue weighted by molar-refractivity contribution is 5.16. The Morgan fingerprint density at radius 1 is 1.25 bits per heavy atom. The molecule has 0 unspecified atom stereocenters. The summed E-state index contributed by atoms with van der Waals surface area (Å²) in [5.74, 6) is 0.933. The molecule has 0 aromatic heterocycles. The molecule has 2 nitrogen and oxygen atoms in total. The van der Waals surface area contributed by atoms with E-state index in [0.29, 0.717) is 17.9 Å². The molecule has 82 valence electrons. The van der Waals surface area contributed by atoms with Crippen LogP contribution in [0.4, 0.5) is 0 Å². The van der Waals surface area contributed by atoms with Crippen molar-refractivity contribution in [2.45, 2.75) is 25.4 Å². The third-order valence-electron chi connectivity index (χ3n) is 4.07. The molecule has 2 fully saturated rings. The Bertz CT molecular complexity index is 406. The smallest absolute Gasteiger partial charge is 0.0675 e. The van der Waals surface area contributed by atoms with E-state index in [1.54, 1.807) is 0 Å². The van der Waals surface area contributed by atoms with Gasteiger partial charge in [-0.3, -0.25) is 4.90 Å². The van der Waals surface area contributed by atoms with Crippen molar-refractivity contribution in [3.05, 3.63) is 35.9 Å². The summed E-state index contributed by atoms with van der Waals surface area (Å²) in [4.78, 5) is 2.50. The van der Waals surface area contributed by atoms with Crippen molar-refractivity contribution >= 4 is 0 Å². The van der Waals surface area contributed by atoms with Crippen LogP contribution in [-0.4, -0.2) is 17.5 Å². The zero-order chi connectivity index (χ0) is 11.0. The van der Waals surface area contributed by atoms with E-state index in [0.717, 1.165) is 13.1 Å². The molecular formula is C14H16N2. The minimum atomic E-state index is 0.295. The summed E-state index contributed by atoms with van der Waals surface area (Å²) in [5, 5.41) is 9.15. The van der Waals surface area contributed by atoms with Crippen LogP contribution in [0.5, 0.6) is 0 Å². The summed E-state index contributed by atoms with van der Waals surface area (Å²) >= 11 is 0. The molecular weight excluding hydrogens is 196 g/mol. The maximum absolute atomic E-state index is 9.15. The van der Waals surface area contributed by atoms with Gasteiger partial charge < -0.3 is 0 Å². The molecule has 3 rings (SSSR count). The number of rotatable bonds is 2. The first-order valence-electron chi connectivity index (χ1n) is 6.06. The normalized spacial score (nSPS) is 32.8. The quantitative estimate of drug-likeness (QED) is 0.752. The van der Waals surface area contributed by atoms with Crippen molar-refractivity contribution in [2.75, 3.05) is 6.54 Å². The monoisotopic (exact) mass is 212 g/mol. The highest BCUT2D eigenvalue weighted by Gasteiger charge is 2.46. The standard InChI is InChI=1S/C14H16N2/c15-8-13-12-6-7-14(13)16(10-12)9-11-4-2-1-3-5-11/h1-5,12-14H,6-7,9-10H2/t12-,13-,14-/m1/s1. The van der Waals surface area contributed by atoms with Crippen LogP contribution in [0.25, 0.3) is 0 Å². The van der Waals surface area contributed by atoms with Crippen LogP contribution in [0.15, 0.2) is 30.3 Å². The van der Waals surface area contributed by atoms with E-state index in [9.17, 15) is 0 Å². The molecule has 3 atom stereocenters. The van der Waals surface area contributed by atoms with Crippen LogP contribution in [-0.2, 0) is 6.54 Å². The van der Waals surface area contributed by atoms with Crippen LogP contribution < -0.4 is 0 Å². The van der Waals surface area contributed by atoms with Gasteiger partial charge in [0.05, 0.1) is 12.0 Å². The van der Waals surface area contributed by atoms with Crippen LogP contribution in [0.1, 0.15) is 18.4 Å². The SMILES string of the molecule is N#C[C@@H]1[C@@H]2CC[C@H]1N(Cc1ccccc1)C2. The van der Waals surface area contributed by atoms with Gasteiger partial charge in [-0.1, -0.05) is 30.3 Å². The number of hydrogen-bond acceptors (Lipinski definition) is 2. The van der Waals surface area contributed by atoms with E-state index in [2.05, 4.69) is 41.3 Å². The number of piperidine rings is 1. The van der Waals surface area contributed by atoms with Crippen molar-refractivity contribution in [1.82, 2.24) is 4.90 Å². The average molecular weight is 212 g/mol. The summed E-state index contributed by atoms with van der Waals surface area (Å²) in [7, 11) is 0. The third kappa shape index (κ3) is 1.52. The molecule has 2 aliphatic rings. The first kappa shape index (κ1) is 9.86. The second kappa shape index (κ2) is 3.92. The van der Waals surface area contributed by atoms with Gasteiger partial charge in [0.15, 0.2) is 0 Å². The van der Waals surface area contributed by atoms with E-state index < -0.39 is 0 Å². The molecule has 0 amide bonds. The van der Waals surface area contributed by atoms with Gasteiger partial charge in [0.2, 0.25) is 0 Å². The predicted molar refractivity (Wildman–Crippen MR) is 62.5 cm³/mol. The van der Waals surface area contributed by atoms with E-state index in [1.165, 1.54) is 18.4 Å². The molecule has 1 aromatic carbocycles. The highest BCUT2D eigenvalue weighted by Crippen LogP contribution is 2.42. The van der Waals surface area contributed by atoms with Gasteiger partial charge in [0.25, 0.3) is 0 Å². The molecule has 0 radical (unpaired) electrons. The zero-order valence-electron chi connectivity index (χ0n) is 9.34. The Balaban J connectivity index is 1.73. The molecule has 1 aliphatic carbocycles. The lowest BCUT2D eigenvalue weighted by Gasteiger charge is -2.26. The van der Waals surface area contributed by atoms with Crippen LogP contribution in [0.3, 0.4) is 0 Å². The fourth-order valence-corrected chi connectivity index (χ4v) is 3.30.